The molecule has 0 unspecified atom stereocenters. The molecule has 0 aliphatic carbocycles. The van der Waals surface area contributed by atoms with E-state index in [0.717, 1.165) is 25.1 Å². The van der Waals surface area contributed by atoms with E-state index in [2.05, 4.69) is 9.55 Å². The normalized spacial score (nSPS) is 14.2. The summed E-state index contributed by atoms with van der Waals surface area (Å²) in [6.45, 7) is 1.36. The van der Waals surface area contributed by atoms with Gasteiger partial charge in [0.1, 0.15) is 18.1 Å². The van der Waals surface area contributed by atoms with Gasteiger partial charge in [-0.2, -0.15) is 0 Å². The fourth-order valence-corrected chi connectivity index (χ4v) is 2.87. The highest BCUT2D eigenvalue weighted by atomic mass is 35.5. The van der Waals surface area contributed by atoms with Gasteiger partial charge in [-0.15, -0.1) is 0 Å². The van der Waals surface area contributed by atoms with E-state index in [4.69, 9.17) is 27.9 Å². The van der Waals surface area contributed by atoms with E-state index in [-0.39, 0.29) is 0 Å². The van der Waals surface area contributed by atoms with Crippen molar-refractivity contribution in [1.29, 1.82) is 0 Å². The topological polar surface area (TPSA) is 27.1 Å². The monoisotopic (exact) mass is 296 g/mol. The Balaban J connectivity index is 1.79. The van der Waals surface area contributed by atoms with Gasteiger partial charge >= 0.3 is 0 Å². The van der Waals surface area contributed by atoms with Crippen molar-refractivity contribution in [2.45, 2.75) is 32.4 Å². The number of rotatable bonds is 3. The molecule has 3 rings (SSSR count). The predicted octanol–water partition coefficient (Wildman–Crippen LogP) is 4.11. The quantitative estimate of drug-likeness (QED) is 0.852. The third-order valence-electron chi connectivity index (χ3n) is 3.36. The second-order valence-electron chi connectivity index (χ2n) is 4.60. The van der Waals surface area contributed by atoms with Crippen molar-refractivity contribution in [3.05, 3.63) is 46.0 Å². The average molecular weight is 297 g/mol. The zero-order valence-electron chi connectivity index (χ0n) is 10.4. The van der Waals surface area contributed by atoms with Crippen molar-refractivity contribution < 1.29 is 4.74 Å². The zero-order chi connectivity index (χ0) is 13.2. The minimum absolute atomic E-state index is 0.409. The summed E-state index contributed by atoms with van der Waals surface area (Å²) in [4.78, 5) is 4.40. The lowest BCUT2D eigenvalue weighted by atomic mass is 10.1. The molecular formula is C14H14Cl2N2O. The van der Waals surface area contributed by atoms with Gasteiger partial charge in [-0.05, 0) is 43.0 Å². The summed E-state index contributed by atoms with van der Waals surface area (Å²) in [5, 5.41) is 1.18. The Hall–Kier alpha value is -1.19. The van der Waals surface area contributed by atoms with Gasteiger partial charge < -0.3 is 9.30 Å². The van der Waals surface area contributed by atoms with Crippen molar-refractivity contribution in [3.8, 4) is 5.75 Å². The molecule has 0 spiro atoms. The molecule has 100 valence electrons. The molecule has 0 saturated heterocycles. The maximum absolute atomic E-state index is 6.15. The number of nitrogens with zero attached hydrogens (tertiary/aromatic N) is 2. The predicted molar refractivity (Wildman–Crippen MR) is 76.0 cm³/mol. The molecule has 3 nitrogen and oxygen atoms in total. The lowest BCUT2D eigenvalue weighted by Crippen LogP contribution is -2.11. The maximum Gasteiger partial charge on any atom is 0.203 e. The Morgan fingerprint density at radius 2 is 2.05 bits per heavy atom. The van der Waals surface area contributed by atoms with Crippen LogP contribution in [0.3, 0.4) is 0 Å². The van der Waals surface area contributed by atoms with E-state index in [1.807, 2.05) is 24.3 Å². The Labute approximate surface area is 122 Å². The van der Waals surface area contributed by atoms with E-state index in [1.54, 1.807) is 0 Å². The molecule has 2 aromatic rings. The van der Waals surface area contributed by atoms with Crippen LogP contribution in [0.4, 0.5) is 0 Å². The highest BCUT2D eigenvalue weighted by Crippen LogP contribution is 2.27. The summed E-state index contributed by atoms with van der Waals surface area (Å²) in [6.07, 6.45) is 3.36. The van der Waals surface area contributed by atoms with Gasteiger partial charge in [0.25, 0.3) is 0 Å². The van der Waals surface area contributed by atoms with Crippen LogP contribution in [0, 0.1) is 0 Å². The third-order valence-corrected chi connectivity index (χ3v) is 3.96. The molecule has 1 aromatic carbocycles. The minimum atomic E-state index is 0.409. The van der Waals surface area contributed by atoms with Crippen LogP contribution in [-0.4, -0.2) is 9.55 Å². The van der Waals surface area contributed by atoms with E-state index >= 15 is 0 Å². The summed E-state index contributed by atoms with van der Waals surface area (Å²) in [5.41, 5.74) is 2.12. The summed E-state index contributed by atoms with van der Waals surface area (Å²) >= 11 is 12.2. The Kier molecular flexibility index (Phi) is 3.67. The second-order valence-corrected chi connectivity index (χ2v) is 5.35. The molecule has 0 atom stereocenters. The number of ether oxygens (including phenoxy) is 1. The van der Waals surface area contributed by atoms with Gasteiger partial charge in [0.2, 0.25) is 5.28 Å². The molecule has 0 radical (unpaired) electrons. The number of fused-ring (bicyclic) bond motifs is 1. The molecule has 1 aromatic heterocycles. The van der Waals surface area contributed by atoms with Crippen LogP contribution < -0.4 is 4.74 Å². The van der Waals surface area contributed by atoms with E-state index in [9.17, 15) is 0 Å². The summed E-state index contributed by atoms with van der Waals surface area (Å²) in [6, 6.07) is 7.44. The van der Waals surface area contributed by atoms with Crippen molar-refractivity contribution >= 4 is 23.2 Å². The Morgan fingerprint density at radius 1 is 1.21 bits per heavy atom. The van der Waals surface area contributed by atoms with Crippen molar-refractivity contribution in [1.82, 2.24) is 9.55 Å². The van der Waals surface area contributed by atoms with E-state index < -0.39 is 0 Å². The van der Waals surface area contributed by atoms with Crippen molar-refractivity contribution in [3.63, 3.8) is 0 Å². The maximum atomic E-state index is 6.15. The number of para-hydroxylation sites is 1. The highest BCUT2D eigenvalue weighted by Gasteiger charge is 2.19. The average Bonchev–Trinajstić information content (AvgIpc) is 2.75. The molecule has 0 bridgehead atoms. The van der Waals surface area contributed by atoms with Crippen LogP contribution in [0.1, 0.15) is 24.2 Å². The molecule has 0 amide bonds. The van der Waals surface area contributed by atoms with Gasteiger partial charge in [0.15, 0.2) is 0 Å². The molecule has 5 heteroatoms. The number of benzene rings is 1. The summed E-state index contributed by atoms with van der Waals surface area (Å²) in [7, 11) is 0. The minimum Gasteiger partial charge on any atom is -0.486 e. The lowest BCUT2D eigenvalue weighted by Gasteiger charge is -2.16. The smallest absolute Gasteiger partial charge is 0.203 e. The first-order valence-electron chi connectivity index (χ1n) is 6.37. The molecule has 1 aliphatic rings. The first-order valence-corrected chi connectivity index (χ1v) is 7.12. The van der Waals surface area contributed by atoms with Crippen LogP contribution in [0.15, 0.2) is 24.3 Å². The van der Waals surface area contributed by atoms with Crippen molar-refractivity contribution in [2.24, 2.45) is 0 Å². The molecule has 0 saturated carbocycles. The second kappa shape index (κ2) is 5.43. The molecule has 0 fully saturated rings. The molecule has 19 heavy (non-hydrogen) atoms. The van der Waals surface area contributed by atoms with Crippen LogP contribution in [-0.2, 0) is 19.6 Å². The van der Waals surface area contributed by atoms with E-state index in [1.165, 1.54) is 12.1 Å². The Bertz CT molecular complexity index is 595. The third kappa shape index (κ3) is 2.58. The van der Waals surface area contributed by atoms with Crippen LogP contribution in [0.25, 0.3) is 0 Å². The summed E-state index contributed by atoms with van der Waals surface area (Å²) in [5.74, 6) is 0.679. The van der Waals surface area contributed by atoms with Crippen LogP contribution in [0.5, 0.6) is 5.75 Å². The van der Waals surface area contributed by atoms with E-state index in [0.29, 0.717) is 22.7 Å². The van der Waals surface area contributed by atoms with Gasteiger partial charge in [0.05, 0.1) is 5.02 Å². The fourth-order valence-electron chi connectivity index (χ4n) is 2.40. The number of halogens is 2. The van der Waals surface area contributed by atoms with Gasteiger partial charge in [0, 0.05) is 12.2 Å². The SMILES string of the molecule is Clc1ccccc1OCc1nc(Cl)n2c1CCCC2. The number of hydrogen-bond donors (Lipinski definition) is 0. The molecule has 2 heterocycles. The van der Waals surface area contributed by atoms with Crippen LogP contribution >= 0.6 is 23.2 Å². The largest absolute Gasteiger partial charge is 0.486 e. The first kappa shape index (κ1) is 12.8. The molecule has 1 aliphatic heterocycles. The Morgan fingerprint density at radius 3 is 2.89 bits per heavy atom. The number of aromatic nitrogens is 2. The van der Waals surface area contributed by atoms with Gasteiger partial charge in [-0.25, -0.2) is 4.98 Å². The van der Waals surface area contributed by atoms with Gasteiger partial charge in [-0.3, -0.25) is 0 Å². The molecule has 0 N–H and O–H groups in total. The lowest BCUT2D eigenvalue weighted by molar-refractivity contribution is 0.299. The van der Waals surface area contributed by atoms with Crippen molar-refractivity contribution in [2.75, 3.05) is 0 Å². The standard InChI is InChI=1S/C14H14Cl2N2O/c15-10-5-1-2-7-13(10)19-9-11-12-6-3-4-8-18(12)14(16)17-11/h1-2,5,7H,3-4,6,8-9H2. The van der Waals surface area contributed by atoms with Gasteiger partial charge in [-0.1, -0.05) is 23.7 Å². The first-order chi connectivity index (χ1) is 9.25. The molecular weight excluding hydrogens is 283 g/mol. The zero-order valence-corrected chi connectivity index (χ0v) is 11.9. The number of hydrogen-bond acceptors (Lipinski definition) is 2. The fraction of sp³-hybridized carbons (Fsp3) is 0.357. The van der Waals surface area contributed by atoms with Crippen LogP contribution in [0.2, 0.25) is 10.3 Å². The number of imidazole rings is 1. The summed E-state index contributed by atoms with van der Waals surface area (Å²) < 4.78 is 7.82. The highest BCUT2D eigenvalue weighted by molar-refractivity contribution is 6.32.